The van der Waals surface area contributed by atoms with E-state index in [4.69, 9.17) is 5.73 Å². The zero-order valence-electron chi connectivity index (χ0n) is 8.72. The van der Waals surface area contributed by atoms with Crippen molar-refractivity contribution in [1.29, 1.82) is 0 Å². The Bertz CT molecular complexity index is 344. The van der Waals surface area contributed by atoms with Crippen LogP contribution >= 0.6 is 0 Å². The van der Waals surface area contributed by atoms with Gasteiger partial charge >= 0.3 is 0 Å². The molecule has 0 spiro atoms. The molecule has 4 N–H and O–H groups in total. The molecule has 2 rings (SSSR count). The smallest absolute Gasteiger partial charge is 0.0596 e. The summed E-state index contributed by atoms with van der Waals surface area (Å²) in [5.41, 5.74) is 9.06. The molecule has 0 radical (unpaired) electrons. The largest absolute Gasteiger partial charge is 0.399 e. The minimum atomic E-state index is 0.272. The highest BCUT2D eigenvalue weighted by molar-refractivity contribution is 5.73. The quantitative estimate of drug-likeness (QED) is 0.551. The molecule has 1 aromatic carbocycles. The second-order valence-corrected chi connectivity index (χ2v) is 4.68. The molecule has 0 saturated carbocycles. The van der Waals surface area contributed by atoms with Crippen LogP contribution in [0.25, 0.3) is 0 Å². The monoisotopic (exact) mass is 191 g/mol. The summed E-state index contributed by atoms with van der Waals surface area (Å²) in [6, 6.07) is 5.93. The van der Waals surface area contributed by atoms with E-state index in [-0.39, 0.29) is 5.41 Å². The van der Waals surface area contributed by atoms with Gasteiger partial charge in [0.15, 0.2) is 0 Å². The van der Waals surface area contributed by atoms with Crippen LogP contribution in [-0.4, -0.2) is 13.1 Å². The first kappa shape index (κ1) is 9.19. The Morgan fingerprint density at radius 2 is 1.79 bits per heavy atom. The molecule has 0 saturated heterocycles. The maximum absolute atomic E-state index is 5.73. The van der Waals surface area contributed by atoms with Gasteiger partial charge in [0.05, 0.1) is 11.4 Å². The van der Waals surface area contributed by atoms with E-state index in [1.807, 2.05) is 18.2 Å². The average molecular weight is 191 g/mol. The fraction of sp³-hybridized carbons (Fsp3) is 0.455. The van der Waals surface area contributed by atoms with Crippen LogP contribution in [0.2, 0.25) is 0 Å². The van der Waals surface area contributed by atoms with Crippen LogP contribution in [0.3, 0.4) is 0 Å². The van der Waals surface area contributed by atoms with Gasteiger partial charge in [-0.3, -0.25) is 0 Å². The third-order valence-corrected chi connectivity index (χ3v) is 2.56. The zero-order chi connectivity index (χ0) is 10.2. The topological polar surface area (TPSA) is 50.1 Å². The summed E-state index contributed by atoms with van der Waals surface area (Å²) in [4.78, 5) is 0. The number of benzene rings is 1. The third kappa shape index (κ3) is 1.76. The van der Waals surface area contributed by atoms with Crippen molar-refractivity contribution in [3.8, 4) is 0 Å². The first-order chi connectivity index (χ1) is 6.57. The van der Waals surface area contributed by atoms with Crippen LogP contribution in [0, 0.1) is 5.41 Å². The summed E-state index contributed by atoms with van der Waals surface area (Å²) in [5, 5.41) is 6.84. The van der Waals surface area contributed by atoms with E-state index in [1.165, 1.54) is 0 Å². The average Bonchev–Trinajstić information content (AvgIpc) is 2.26. The lowest BCUT2D eigenvalue weighted by Crippen LogP contribution is -2.27. The molecule has 0 unspecified atom stereocenters. The van der Waals surface area contributed by atoms with Gasteiger partial charge in [0, 0.05) is 18.8 Å². The van der Waals surface area contributed by atoms with Gasteiger partial charge < -0.3 is 16.4 Å². The second kappa shape index (κ2) is 3.08. The summed E-state index contributed by atoms with van der Waals surface area (Å²) in [5.74, 6) is 0. The van der Waals surface area contributed by atoms with E-state index < -0.39 is 0 Å². The lowest BCUT2D eigenvalue weighted by molar-refractivity contribution is 0.423. The van der Waals surface area contributed by atoms with E-state index in [1.54, 1.807) is 0 Å². The fourth-order valence-electron chi connectivity index (χ4n) is 1.59. The summed E-state index contributed by atoms with van der Waals surface area (Å²) < 4.78 is 0. The molecule has 0 bridgehead atoms. The van der Waals surface area contributed by atoms with Gasteiger partial charge in [-0.05, 0) is 23.6 Å². The molecule has 0 aliphatic carbocycles. The van der Waals surface area contributed by atoms with E-state index in [0.717, 1.165) is 30.2 Å². The maximum atomic E-state index is 5.73. The van der Waals surface area contributed by atoms with Crippen LogP contribution < -0.4 is 16.4 Å². The molecule has 0 amide bonds. The van der Waals surface area contributed by atoms with Crippen LogP contribution in [0.1, 0.15) is 13.8 Å². The SMILES string of the molecule is CC1(C)CNc2ccc(N)cc2NC1. The highest BCUT2D eigenvalue weighted by Crippen LogP contribution is 2.30. The van der Waals surface area contributed by atoms with Gasteiger partial charge in [0.1, 0.15) is 0 Å². The van der Waals surface area contributed by atoms with E-state index in [0.29, 0.717) is 0 Å². The first-order valence-corrected chi connectivity index (χ1v) is 4.94. The second-order valence-electron chi connectivity index (χ2n) is 4.68. The number of nitrogens with two attached hydrogens (primary N) is 1. The van der Waals surface area contributed by atoms with E-state index in [9.17, 15) is 0 Å². The standard InChI is InChI=1S/C11H17N3/c1-11(2)6-13-9-4-3-8(12)5-10(9)14-7-11/h3-5,13-14H,6-7,12H2,1-2H3. The van der Waals surface area contributed by atoms with Crippen LogP contribution in [-0.2, 0) is 0 Å². The number of nitrogens with one attached hydrogen (secondary N) is 2. The lowest BCUT2D eigenvalue weighted by atomic mass is 9.94. The predicted octanol–water partition coefficient (Wildman–Crippen LogP) is 2.13. The van der Waals surface area contributed by atoms with Gasteiger partial charge in [0.25, 0.3) is 0 Å². The van der Waals surface area contributed by atoms with Crippen LogP contribution in [0.5, 0.6) is 0 Å². The van der Waals surface area contributed by atoms with Crippen LogP contribution in [0.4, 0.5) is 17.1 Å². The molecule has 1 aliphatic rings. The highest BCUT2D eigenvalue weighted by atomic mass is 15.0. The molecule has 1 aromatic rings. The Labute approximate surface area is 84.7 Å². The number of anilines is 3. The molecule has 0 aromatic heterocycles. The van der Waals surface area contributed by atoms with Crippen molar-refractivity contribution < 1.29 is 0 Å². The summed E-state index contributed by atoms with van der Waals surface area (Å²) >= 11 is 0. The van der Waals surface area contributed by atoms with Crippen molar-refractivity contribution in [2.75, 3.05) is 29.5 Å². The summed E-state index contributed by atoms with van der Waals surface area (Å²) in [7, 11) is 0. The Hall–Kier alpha value is -1.38. The Morgan fingerprint density at radius 1 is 1.14 bits per heavy atom. The van der Waals surface area contributed by atoms with Crippen LogP contribution in [0.15, 0.2) is 18.2 Å². The van der Waals surface area contributed by atoms with Crippen molar-refractivity contribution >= 4 is 17.1 Å². The van der Waals surface area contributed by atoms with Crippen molar-refractivity contribution in [2.24, 2.45) is 5.41 Å². The zero-order valence-corrected chi connectivity index (χ0v) is 8.72. The number of nitrogen functional groups attached to an aromatic ring is 1. The van der Waals surface area contributed by atoms with Crippen molar-refractivity contribution in [2.45, 2.75) is 13.8 Å². The van der Waals surface area contributed by atoms with E-state index in [2.05, 4.69) is 24.5 Å². The number of fused-ring (bicyclic) bond motifs is 1. The number of hydrogen-bond acceptors (Lipinski definition) is 3. The molecular formula is C11H17N3. The minimum absolute atomic E-state index is 0.272. The summed E-state index contributed by atoms with van der Waals surface area (Å²) in [6.07, 6.45) is 0. The molecular weight excluding hydrogens is 174 g/mol. The minimum Gasteiger partial charge on any atom is -0.399 e. The van der Waals surface area contributed by atoms with Gasteiger partial charge in [-0.2, -0.15) is 0 Å². The normalized spacial score (nSPS) is 18.7. The van der Waals surface area contributed by atoms with Crippen molar-refractivity contribution in [3.63, 3.8) is 0 Å². The van der Waals surface area contributed by atoms with Crippen molar-refractivity contribution in [1.82, 2.24) is 0 Å². The first-order valence-electron chi connectivity index (χ1n) is 4.94. The van der Waals surface area contributed by atoms with Crippen molar-refractivity contribution in [3.05, 3.63) is 18.2 Å². The highest BCUT2D eigenvalue weighted by Gasteiger charge is 2.21. The van der Waals surface area contributed by atoms with Gasteiger partial charge in [-0.25, -0.2) is 0 Å². The molecule has 14 heavy (non-hydrogen) atoms. The van der Waals surface area contributed by atoms with Gasteiger partial charge in [-0.1, -0.05) is 13.8 Å². The molecule has 0 atom stereocenters. The predicted molar refractivity (Wildman–Crippen MR) is 61.6 cm³/mol. The molecule has 3 heteroatoms. The Balaban J connectivity index is 2.30. The van der Waals surface area contributed by atoms with E-state index >= 15 is 0 Å². The molecule has 1 aliphatic heterocycles. The molecule has 3 nitrogen and oxygen atoms in total. The summed E-state index contributed by atoms with van der Waals surface area (Å²) in [6.45, 7) is 6.43. The maximum Gasteiger partial charge on any atom is 0.0596 e. The number of rotatable bonds is 0. The van der Waals surface area contributed by atoms with Gasteiger partial charge in [0.2, 0.25) is 0 Å². The molecule has 1 heterocycles. The Morgan fingerprint density at radius 3 is 2.50 bits per heavy atom. The fourth-order valence-corrected chi connectivity index (χ4v) is 1.59. The molecule has 0 fully saturated rings. The molecule has 76 valence electrons. The lowest BCUT2D eigenvalue weighted by Gasteiger charge is -2.21. The number of hydrogen-bond donors (Lipinski definition) is 3. The van der Waals surface area contributed by atoms with Gasteiger partial charge in [-0.15, -0.1) is 0 Å². The third-order valence-electron chi connectivity index (χ3n) is 2.56. The Kier molecular flexibility index (Phi) is 2.02.